The fourth-order valence-corrected chi connectivity index (χ4v) is 2.90. The molecule has 8 nitrogen and oxygen atoms in total. The van der Waals surface area contributed by atoms with Gasteiger partial charge in [-0.05, 0) is 37.3 Å². The number of hydrogen-bond donors (Lipinski definition) is 2. The third kappa shape index (κ3) is 3.84. The van der Waals surface area contributed by atoms with Crippen molar-refractivity contribution in [3.8, 4) is 11.5 Å². The number of carbonyl (C=O) groups is 2. The van der Waals surface area contributed by atoms with Crippen molar-refractivity contribution in [3.63, 3.8) is 0 Å². The molecule has 3 heterocycles. The Morgan fingerprint density at radius 1 is 1.13 bits per heavy atom. The summed E-state index contributed by atoms with van der Waals surface area (Å²) in [6.45, 7) is 1.05. The van der Waals surface area contributed by atoms with Crippen LogP contribution in [0.25, 0.3) is 22.6 Å². The number of nitrogens with one attached hydrogen (secondary N) is 2. The molecule has 4 rings (SSSR count). The zero-order chi connectivity index (χ0) is 22.1. The van der Waals surface area contributed by atoms with E-state index in [-0.39, 0.29) is 11.3 Å². The quantitative estimate of drug-likeness (QED) is 0.469. The van der Waals surface area contributed by atoms with Crippen molar-refractivity contribution in [1.82, 2.24) is 15.5 Å². The molecule has 3 aromatic heterocycles. The van der Waals surface area contributed by atoms with Gasteiger partial charge in [-0.3, -0.25) is 9.59 Å². The van der Waals surface area contributed by atoms with Gasteiger partial charge in [0.15, 0.2) is 23.2 Å². The van der Waals surface area contributed by atoms with E-state index < -0.39 is 41.5 Å². The van der Waals surface area contributed by atoms with E-state index in [1.165, 1.54) is 12.3 Å². The van der Waals surface area contributed by atoms with E-state index in [0.29, 0.717) is 28.6 Å². The maximum absolute atomic E-state index is 13.7. The highest BCUT2D eigenvalue weighted by Crippen LogP contribution is 2.27. The lowest BCUT2D eigenvalue weighted by Gasteiger charge is -2.09. The van der Waals surface area contributed by atoms with Gasteiger partial charge >= 0.3 is 0 Å². The van der Waals surface area contributed by atoms with Crippen LogP contribution in [0.2, 0.25) is 0 Å². The van der Waals surface area contributed by atoms with E-state index in [9.17, 15) is 22.8 Å². The highest BCUT2D eigenvalue weighted by Gasteiger charge is 2.21. The number of hydrogen-bond acceptors (Lipinski definition) is 6. The van der Waals surface area contributed by atoms with Crippen molar-refractivity contribution in [3.05, 3.63) is 65.3 Å². The molecule has 0 radical (unpaired) electrons. The van der Waals surface area contributed by atoms with Crippen LogP contribution in [-0.2, 0) is 4.79 Å². The van der Waals surface area contributed by atoms with Crippen molar-refractivity contribution in [2.45, 2.75) is 6.92 Å². The van der Waals surface area contributed by atoms with Gasteiger partial charge in [0.1, 0.15) is 5.69 Å². The molecule has 0 aliphatic heterocycles. The van der Waals surface area contributed by atoms with Crippen LogP contribution in [0, 0.1) is 24.4 Å². The third-order valence-electron chi connectivity index (χ3n) is 4.35. The van der Waals surface area contributed by atoms with Gasteiger partial charge in [-0.2, -0.15) is 0 Å². The van der Waals surface area contributed by atoms with E-state index in [0.717, 1.165) is 6.07 Å². The minimum absolute atomic E-state index is 0.102. The number of aromatic nitrogens is 2. The van der Waals surface area contributed by atoms with E-state index >= 15 is 0 Å². The molecule has 31 heavy (non-hydrogen) atoms. The number of benzene rings is 1. The van der Waals surface area contributed by atoms with Crippen molar-refractivity contribution in [1.29, 1.82) is 0 Å². The summed E-state index contributed by atoms with van der Waals surface area (Å²) in [4.78, 5) is 29.1. The Bertz CT molecular complexity index is 1300. The lowest BCUT2D eigenvalue weighted by molar-refractivity contribution is -0.115. The summed E-state index contributed by atoms with van der Waals surface area (Å²) < 4.78 is 50.4. The second-order valence-corrected chi connectivity index (χ2v) is 6.43. The molecule has 0 saturated carbocycles. The van der Waals surface area contributed by atoms with Crippen LogP contribution in [-0.4, -0.2) is 28.5 Å². The van der Waals surface area contributed by atoms with Gasteiger partial charge in [-0.25, -0.2) is 18.2 Å². The first-order chi connectivity index (χ1) is 14.8. The van der Waals surface area contributed by atoms with E-state index in [1.807, 2.05) is 0 Å². The molecule has 1 aromatic carbocycles. The lowest BCUT2D eigenvalue weighted by atomic mass is 10.1. The van der Waals surface area contributed by atoms with Crippen LogP contribution in [0.1, 0.15) is 16.1 Å². The maximum atomic E-state index is 13.7. The Labute approximate surface area is 172 Å². The molecule has 0 spiro atoms. The predicted molar refractivity (Wildman–Crippen MR) is 102 cm³/mol. The smallest absolute Gasteiger partial charge is 0.259 e. The topological polar surface area (TPSA) is 110 Å². The lowest BCUT2D eigenvalue weighted by Crippen LogP contribution is -2.33. The molecule has 0 atom stereocenters. The van der Waals surface area contributed by atoms with Crippen LogP contribution in [0.4, 0.5) is 18.9 Å². The molecule has 2 N–H and O–H groups in total. The van der Waals surface area contributed by atoms with E-state index in [2.05, 4.69) is 20.8 Å². The maximum Gasteiger partial charge on any atom is 0.259 e. The number of pyridine rings is 1. The number of fused-ring (bicyclic) bond motifs is 1. The number of halogens is 3. The van der Waals surface area contributed by atoms with E-state index in [4.69, 9.17) is 8.94 Å². The number of carbonyl (C=O) groups excluding carboxylic acids is 2. The van der Waals surface area contributed by atoms with Crippen LogP contribution in [0.15, 0.2) is 45.5 Å². The molecule has 0 saturated heterocycles. The van der Waals surface area contributed by atoms with Crippen molar-refractivity contribution >= 4 is 28.6 Å². The van der Waals surface area contributed by atoms with Gasteiger partial charge in [-0.1, -0.05) is 5.16 Å². The zero-order valence-electron chi connectivity index (χ0n) is 15.8. The fourth-order valence-electron chi connectivity index (χ4n) is 2.90. The average molecular weight is 430 g/mol. The summed E-state index contributed by atoms with van der Waals surface area (Å²) in [5.41, 5.74) is 0.394. The largest absolute Gasteiger partial charge is 0.463 e. The summed E-state index contributed by atoms with van der Waals surface area (Å²) >= 11 is 0. The number of amides is 2. The van der Waals surface area contributed by atoms with Gasteiger partial charge in [0.05, 0.1) is 35.1 Å². The van der Waals surface area contributed by atoms with Gasteiger partial charge in [0.2, 0.25) is 5.91 Å². The van der Waals surface area contributed by atoms with Crippen LogP contribution < -0.4 is 10.6 Å². The Balaban J connectivity index is 1.54. The number of nitrogens with zero attached hydrogens (tertiary/aromatic N) is 2. The molecule has 158 valence electrons. The second kappa shape index (κ2) is 7.94. The Hall–Kier alpha value is -4.15. The molecule has 0 unspecified atom stereocenters. The summed E-state index contributed by atoms with van der Waals surface area (Å²) in [6.07, 6.45) is 1.44. The van der Waals surface area contributed by atoms with E-state index in [1.54, 1.807) is 19.1 Å². The predicted octanol–water partition coefficient (Wildman–Crippen LogP) is 3.58. The highest BCUT2D eigenvalue weighted by atomic mass is 19.2. The van der Waals surface area contributed by atoms with Crippen LogP contribution >= 0.6 is 0 Å². The number of rotatable bonds is 5. The Morgan fingerprint density at radius 2 is 1.94 bits per heavy atom. The average Bonchev–Trinajstić information content (AvgIpc) is 3.42. The number of aryl methyl sites for hydroxylation is 1. The number of furan rings is 1. The minimum Gasteiger partial charge on any atom is -0.463 e. The van der Waals surface area contributed by atoms with Crippen LogP contribution in [0.3, 0.4) is 0 Å². The van der Waals surface area contributed by atoms with Gasteiger partial charge in [0, 0.05) is 0 Å². The minimum atomic E-state index is -1.71. The van der Waals surface area contributed by atoms with Crippen molar-refractivity contribution in [2.75, 3.05) is 11.9 Å². The van der Waals surface area contributed by atoms with Crippen molar-refractivity contribution in [2.24, 2.45) is 0 Å². The standard InChI is InChI=1S/C20H13F3N4O4/c1-9-16-10(7-13(14-3-2-6-30-14)26-20(16)31-27-9)19(29)24-8-15(28)25-12-5-4-11(21)17(22)18(12)23/h2-7H,8H2,1H3,(H,24,29)(H,25,28). The fraction of sp³-hybridized carbons (Fsp3) is 0.100. The third-order valence-corrected chi connectivity index (χ3v) is 4.35. The first-order valence-electron chi connectivity index (χ1n) is 8.87. The zero-order valence-corrected chi connectivity index (χ0v) is 15.8. The van der Waals surface area contributed by atoms with Crippen LogP contribution in [0.5, 0.6) is 0 Å². The Kier molecular flexibility index (Phi) is 5.15. The first-order valence-corrected chi connectivity index (χ1v) is 8.87. The molecule has 0 aliphatic rings. The van der Waals surface area contributed by atoms with Crippen molar-refractivity contribution < 1.29 is 31.7 Å². The molecule has 0 bridgehead atoms. The molecule has 0 fully saturated rings. The normalized spacial score (nSPS) is 11.0. The number of anilines is 1. The molecule has 4 aromatic rings. The molecule has 2 amide bonds. The first kappa shape index (κ1) is 20.1. The summed E-state index contributed by atoms with van der Waals surface area (Å²) in [7, 11) is 0. The monoisotopic (exact) mass is 430 g/mol. The summed E-state index contributed by atoms with van der Waals surface area (Å²) in [5, 5.41) is 8.60. The summed E-state index contributed by atoms with van der Waals surface area (Å²) in [6, 6.07) is 6.28. The second-order valence-electron chi connectivity index (χ2n) is 6.43. The molecular weight excluding hydrogens is 417 g/mol. The molecule has 0 aliphatic carbocycles. The SMILES string of the molecule is Cc1noc2nc(-c3ccco3)cc(C(=O)NCC(=O)Nc3ccc(F)c(F)c3F)c12. The summed E-state index contributed by atoms with van der Waals surface area (Å²) in [5.74, 6) is -5.77. The molecular formula is C20H13F3N4O4. The highest BCUT2D eigenvalue weighted by molar-refractivity contribution is 6.08. The van der Waals surface area contributed by atoms with Gasteiger partial charge < -0.3 is 19.6 Å². The van der Waals surface area contributed by atoms with Gasteiger partial charge in [0.25, 0.3) is 11.6 Å². The Morgan fingerprint density at radius 3 is 2.68 bits per heavy atom. The molecule has 11 heteroatoms. The van der Waals surface area contributed by atoms with Gasteiger partial charge in [-0.15, -0.1) is 0 Å².